The maximum atomic E-state index is 12.2. The highest BCUT2D eigenvalue weighted by atomic mass is 32.2. The number of fused-ring (bicyclic) bond motifs is 1. The molecule has 1 N–H and O–H groups in total. The van der Waals surface area contributed by atoms with Crippen molar-refractivity contribution in [2.24, 2.45) is 0 Å². The highest BCUT2D eigenvalue weighted by molar-refractivity contribution is 7.92. The van der Waals surface area contributed by atoms with Crippen molar-refractivity contribution in [3.05, 3.63) is 65.1 Å². The fraction of sp³-hybridized carbons (Fsp3) is 0.364. The highest BCUT2D eigenvalue weighted by Crippen LogP contribution is 2.37. The number of ether oxygens (including phenoxy) is 2. The van der Waals surface area contributed by atoms with Gasteiger partial charge in [0.1, 0.15) is 13.2 Å². The van der Waals surface area contributed by atoms with Crippen LogP contribution in [0.15, 0.2) is 53.9 Å². The normalized spacial score (nSPS) is 19.7. The Kier molecular flexibility index (Phi) is 6.18. The van der Waals surface area contributed by atoms with E-state index in [-0.39, 0.29) is 6.04 Å². The molecule has 2 heterocycles. The van der Waals surface area contributed by atoms with Crippen molar-refractivity contribution in [2.75, 3.05) is 32.8 Å². The third-order valence-corrected chi connectivity index (χ3v) is 6.36. The minimum Gasteiger partial charge on any atom is -0.486 e. The summed E-state index contributed by atoms with van der Waals surface area (Å²) in [5, 5.41) is 1.23. The SMILES string of the molecule is O=S(=O)(/C=C/c1ccccc1)NCCN1CCCC1c1ccc2c(c1)OCCO2. The van der Waals surface area contributed by atoms with Crippen LogP contribution >= 0.6 is 0 Å². The summed E-state index contributed by atoms with van der Waals surface area (Å²) >= 11 is 0. The maximum Gasteiger partial charge on any atom is 0.233 e. The molecule has 2 aromatic carbocycles. The lowest BCUT2D eigenvalue weighted by Gasteiger charge is -2.26. The molecule has 7 heteroatoms. The predicted molar refractivity (Wildman–Crippen MR) is 113 cm³/mol. The van der Waals surface area contributed by atoms with E-state index in [0.717, 1.165) is 36.4 Å². The smallest absolute Gasteiger partial charge is 0.233 e. The molecule has 29 heavy (non-hydrogen) atoms. The summed E-state index contributed by atoms with van der Waals surface area (Å²) in [5.74, 6) is 1.59. The number of nitrogens with one attached hydrogen (secondary N) is 1. The Morgan fingerprint density at radius 3 is 2.69 bits per heavy atom. The first kappa shape index (κ1) is 19.9. The van der Waals surface area contributed by atoms with Gasteiger partial charge in [-0.25, -0.2) is 13.1 Å². The number of hydrogen-bond donors (Lipinski definition) is 1. The van der Waals surface area contributed by atoms with Gasteiger partial charge in [-0.2, -0.15) is 0 Å². The summed E-state index contributed by atoms with van der Waals surface area (Å²) in [7, 11) is -3.46. The monoisotopic (exact) mass is 414 g/mol. The quantitative estimate of drug-likeness (QED) is 0.754. The average molecular weight is 415 g/mol. The number of nitrogens with zero attached hydrogens (tertiary/aromatic N) is 1. The Labute approximate surface area is 172 Å². The van der Waals surface area contributed by atoms with Crippen LogP contribution in [0.3, 0.4) is 0 Å². The maximum absolute atomic E-state index is 12.2. The third-order valence-electron chi connectivity index (χ3n) is 5.26. The van der Waals surface area contributed by atoms with Crippen LogP contribution < -0.4 is 14.2 Å². The van der Waals surface area contributed by atoms with Crippen molar-refractivity contribution in [1.29, 1.82) is 0 Å². The molecule has 1 saturated heterocycles. The van der Waals surface area contributed by atoms with Crippen LogP contribution in [-0.4, -0.2) is 46.2 Å². The topological polar surface area (TPSA) is 67.9 Å². The fourth-order valence-electron chi connectivity index (χ4n) is 3.85. The molecule has 0 amide bonds. The van der Waals surface area contributed by atoms with E-state index in [1.54, 1.807) is 6.08 Å². The molecular weight excluding hydrogens is 388 g/mol. The van der Waals surface area contributed by atoms with Crippen LogP contribution in [0.2, 0.25) is 0 Å². The number of likely N-dealkylation sites (tertiary alicyclic amines) is 1. The summed E-state index contributed by atoms with van der Waals surface area (Å²) < 4.78 is 38.5. The van der Waals surface area contributed by atoms with E-state index in [9.17, 15) is 8.42 Å². The molecule has 1 atom stereocenters. The van der Waals surface area contributed by atoms with Gasteiger partial charge in [-0.15, -0.1) is 0 Å². The summed E-state index contributed by atoms with van der Waals surface area (Å²) in [6, 6.07) is 15.8. The van der Waals surface area contributed by atoms with Crippen molar-refractivity contribution in [1.82, 2.24) is 9.62 Å². The van der Waals surface area contributed by atoms with E-state index in [1.807, 2.05) is 36.4 Å². The van der Waals surface area contributed by atoms with Crippen LogP contribution in [0.5, 0.6) is 11.5 Å². The molecular formula is C22H26N2O4S. The Morgan fingerprint density at radius 1 is 1.07 bits per heavy atom. The number of hydrogen-bond acceptors (Lipinski definition) is 5. The van der Waals surface area contributed by atoms with Gasteiger partial charge in [0.05, 0.1) is 0 Å². The largest absolute Gasteiger partial charge is 0.486 e. The molecule has 4 rings (SSSR count). The van der Waals surface area contributed by atoms with Crippen LogP contribution in [-0.2, 0) is 10.0 Å². The van der Waals surface area contributed by atoms with E-state index in [1.165, 1.54) is 11.0 Å². The minimum atomic E-state index is -3.46. The second-order valence-corrected chi connectivity index (χ2v) is 8.90. The average Bonchev–Trinajstić information content (AvgIpc) is 3.21. The second kappa shape index (κ2) is 8.98. The van der Waals surface area contributed by atoms with Crippen LogP contribution in [0.1, 0.15) is 30.0 Å². The molecule has 0 aliphatic carbocycles. The Hall–Kier alpha value is -2.35. The van der Waals surface area contributed by atoms with Crippen molar-refractivity contribution in [3.8, 4) is 11.5 Å². The Bertz CT molecular complexity index is 960. The zero-order chi connectivity index (χ0) is 20.1. The minimum absolute atomic E-state index is 0.273. The van der Waals surface area contributed by atoms with Crippen molar-refractivity contribution >= 4 is 16.1 Å². The molecule has 2 aliphatic rings. The van der Waals surface area contributed by atoms with E-state index in [4.69, 9.17) is 9.47 Å². The number of sulfonamides is 1. The van der Waals surface area contributed by atoms with Crippen molar-refractivity contribution in [2.45, 2.75) is 18.9 Å². The summed E-state index contributed by atoms with van der Waals surface area (Å²) in [6.45, 7) is 3.16. The Morgan fingerprint density at radius 2 is 1.86 bits per heavy atom. The molecule has 1 unspecified atom stereocenters. The predicted octanol–water partition coefficient (Wildman–Crippen LogP) is 3.19. The fourth-order valence-corrected chi connectivity index (χ4v) is 4.66. The van der Waals surface area contributed by atoms with Crippen molar-refractivity contribution in [3.63, 3.8) is 0 Å². The standard InChI is InChI=1S/C22H26N2O4S/c25-29(26,16-10-18-5-2-1-3-6-18)23-11-13-24-12-4-7-20(24)19-8-9-21-22(17-19)28-15-14-27-21/h1-3,5-6,8-10,16-17,20,23H,4,7,11-15H2/b16-10+. The van der Waals surface area contributed by atoms with Gasteiger partial charge < -0.3 is 9.47 Å². The molecule has 6 nitrogen and oxygen atoms in total. The summed E-state index contributed by atoms with van der Waals surface area (Å²) in [6.07, 6.45) is 3.76. The van der Waals surface area contributed by atoms with E-state index in [2.05, 4.69) is 21.8 Å². The first-order chi connectivity index (χ1) is 14.1. The lowest BCUT2D eigenvalue weighted by Crippen LogP contribution is -2.34. The Balaban J connectivity index is 1.34. The van der Waals surface area contributed by atoms with Gasteiger partial charge in [0, 0.05) is 24.5 Å². The molecule has 0 spiro atoms. The molecule has 2 aliphatic heterocycles. The lowest BCUT2D eigenvalue weighted by atomic mass is 10.0. The van der Waals surface area contributed by atoms with Gasteiger partial charge in [-0.05, 0) is 48.7 Å². The van der Waals surface area contributed by atoms with E-state index < -0.39 is 10.0 Å². The van der Waals surface area contributed by atoms with Gasteiger partial charge in [0.15, 0.2) is 11.5 Å². The second-order valence-electron chi connectivity index (χ2n) is 7.25. The molecule has 0 bridgehead atoms. The van der Waals surface area contributed by atoms with E-state index >= 15 is 0 Å². The zero-order valence-corrected chi connectivity index (χ0v) is 17.1. The van der Waals surface area contributed by atoms with Crippen LogP contribution in [0.4, 0.5) is 0 Å². The first-order valence-electron chi connectivity index (χ1n) is 9.97. The molecule has 0 aromatic heterocycles. The molecule has 0 saturated carbocycles. The summed E-state index contributed by atoms with van der Waals surface area (Å²) in [4.78, 5) is 2.33. The lowest BCUT2D eigenvalue weighted by molar-refractivity contribution is 0.170. The molecule has 2 aromatic rings. The first-order valence-corrected chi connectivity index (χ1v) is 11.5. The van der Waals surface area contributed by atoms with E-state index in [0.29, 0.717) is 26.3 Å². The number of benzene rings is 2. The molecule has 154 valence electrons. The number of rotatable bonds is 7. The van der Waals surface area contributed by atoms with Crippen LogP contribution in [0, 0.1) is 0 Å². The van der Waals surface area contributed by atoms with Gasteiger partial charge in [0.25, 0.3) is 0 Å². The zero-order valence-electron chi connectivity index (χ0n) is 16.3. The highest BCUT2D eigenvalue weighted by Gasteiger charge is 2.27. The third kappa shape index (κ3) is 5.18. The molecule has 0 radical (unpaired) electrons. The summed E-state index contributed by atoms with van der Waals surface area (Å²) in [5.41, 5.74) is 2.05. The van der Waals surface area contributed by atoms with Gasteiger partial charge in [-0.1, -0.05) is 36.4 Å². The van der Waals surface area contributed by atoms with Gasteiger partial charge in [-0.3, -0.25) is 4.90 Å². The van der Waals surface area contributed by atoms with Gasteiger partial charge >= 0.3 is 0 Å². The van der Waals surface area contributed by atoms with Crippen LogP contribution in [0.25, 0.3) is 6.08 Å². The molecule has 1 fully saturated rings. The van der Waals surface area contributed by atoms with Crippen molar-refractivity contribution < 1.29 is 17.9 Å². The van der Waals surface area contributed by atoms with Gasteiger partial charge in [0.2, 0.25) is 10.0 Å².